The Morgan fingerprint density at radius 2 is 1.97 bits per heavy atom. The second kappa shape index (κ2) is 7.39. The molecule has 0 aliphatic carbocycles. The van der Waals surface area contributed by atoms with Crippen molar-refractivity contribution in [2.24, 2.45) is 0 Å². The molecule has 1 unspecified atom stereocenters. The third-order valence-corrected chi connectivity index (χ3v) is 6.30. The van der Waals surface area contributed by atoms with Crippen LogP contribution < -0.4 is 4.90 Å². The Kier molecular flexibility index (Phi) is 4.72. The van der Waals surface area contributed by atoms with Gasteiger partial charge in [0.2, 0.25) is 5.91 Å². The molecule has 2 aromatic rings. The number of nitrogens with zero attached hydrogens (tertiary/aromatic N) is 4. The third kappa shape index (κ3) is 3.60. The Morgan fingerprint density at radius 3 is 2.72 bits per heavy atom. The second-order valence-electron chi connectivity index (χ2n) is 8.25. The van der Waals surface area contributed by atoms with Gasteiger partial charge in [-0.3, -0.25) is 14.7 Å². The number of piperazine rings is 1. The first-order chi connectivity index (χ1) is 14.1. The van der Waals surface area contributed by atoms with Gasteiger partial charge in [-0.25, -0.2) is 4.39 Å². The van der Waals surface area contributed by atoms with Gasteiger partial charge < -0.3 is 14.5 Å². The minimum absolute atomic E-state index is 0.136. The number of carbonyl (C=O) groups excluding carboxylic acids is 1. The number of carbonyl (C=O) groups is 1. The average molecular weight is 396 g/mol. The number of aromatic nitrogens is 1. The summed E-state index contributed by atoms with van der Waals surface area (Å²) in [6.07, 6.45) is 4.26. The highest BCUT2D eigenvalue weighted by Crippen LogP contribution is 2.38. The smallest absolute Gasteiger partial charge is 0.238 e. The number of hydrogen-bond donors (Lipinski definition) is 0. The molecule has 1 atom stereocenters. The van der Waals surface area contributed by atoms with Crippen LogP contribution in [0.5, 0.6) is 0 Å². The predicted molar refractivity (Wildman–Crippen MR) is 107 cm³/mol. The van der Waals surface area contributed by atoms with E-state index in [1.807, 2.05) is 28.0 Å². The van der Waals surface area contributed by atoms with Crippen molar-refractivity contribution in [2.75, 3.05) is 37.6 Å². The van der Waals surface area contributed by atoms with Crippen LogP contribution in [0.25, 0.3) is 0 Å². The molecule has 3 fully saturated rings. The van der Waals surface area contributed by atoms with Crippen molar-refractivity contribution in [1.82, 2.24) is 14.8 Å². The molecule has 0 radical (unpaired) electrons. The van der Waals surface area contributed by atoms with E-state index in [0.717, 1.165) is 25.9 Å². The number of piperidine rings is 1. The summed E-state index contributed by atoms with van der Waals surface area (Å²) < 4.78 is 20.5. The molecule has 0 bridgehead atoms. The molecule has 152 valence electrons. The number of hydrogen-bond acceptors (Lipinski definition) is 5. The normalized spacial score (nSPS) is 24.2. The Morgan fingerprint density at radius 1 is 1.17 bits per heavy atom. The van der Waals surface area contributed by atoms with Gasteiger partial charge in [-0.05, 0) is 24.5 Å². The first kappa shape index (κ1) is 18.5. The molecule has 3 saturated heterocycles. The monoisotopic (exact) mass is 396 g/mol. The molecule has 4 heterocycles. The Balaban J connectivity index is 1.24. The van der Waals surface area contributed by atoms with Crippen LogP contribution in [0.3, 0.4) is 0 Å². The zero-order valence-corrected chi connectivity index (χ0v) is 16.3. The summed E-state index contributed by atoms with van der Waals surface area (Å²) in [5.41, 5.74) is 1.48. The first-order valence-electron chi connectivity index (χ1n) is 10.2. The molecule has 1 spiro atoms. The highest BCUT2D eigenvalue weighted by Gasteiger charge is 2.50. The van der Waals surface area contributed by atoms with Crippen molar-refractivity contribution < 1.29 is 13.9 Å². The highest BCUT2D eigenvalue weighted by atomic mass is 19.1. The maximum absolute atomic E-state index is 14.1. The topological polar surface area (TPSA) is 48.9 Å². The lowest BCUT2D eigenvalue weighted by Crippen LogP contribution is -2.53. The lowest BCUT2D eigenvalue weighted by Gasteiger charge is -2.39. The minimum Gasteiger partial charge on any atom is -0.369 e. The fourth-order valence-corrected chi connectivity index (χ4v) is 4.77. The molecule has 1 aromatic heterocycles. The van der Waals surface area contributed by atoms with E-state index in [4.69, 9.17) is 4.74 Å². The van der Waals surface area contributed by atoms with Crippen molar-refractivity contribution in [1.29, 1.82) is 0 Å². The maximum Gasteiger partial charge on any atom is 0.238 e. The molecule has 29 heavy (non-hydrogen) atoms. The lowest BCUT2D eigenvalue weighted by atomic mass is 9.91. The summed E-state index contributed by atoms with van der Waals surface area (Å²) in [6, 6.07) is 11.9. The molecule has 1 amide bonds. The van der Waals surface area contributed by atoms with Crippen LogP contribution in [-0.4, -0.2) is 65.2 Å². The van der Waals surface area contributed by atoms with E-state index in [1.54, 1.807) is 12.3 Å². The number of halogens is 1. The molecule has 1 aromatic carbocycles. The molecule has 3 aliphatic rings. The van der Waals surface area contributed by atoms with E-state index in [2.05, 4.69) is 22.0 Å². The number of amides is 1. The standard InChI is InChI=1S/C22H25FN4O2/c23-18-12-24-9-6-19(18)26-10-7-22(8-11-26)16-27-20(28)14-25(15-21(27)29-22)13-17-4-2-1-3-5-17/h1-6,9,12,21H,7-8,10-11,13-16H2. The molecule has 6 nitrogen and oxygen atoms in total. The molecule has 5 rings (SSSR count). The van der Waals surface area contributed by atoms with Crippen molar-refractivity contribution in [3.05, 3.63) is 60.2 Å². The number of anilines is 1. The van der Waals surface area contributed by atoms with Crippen molar-refractivity contribution in [3.63, 3.8) is 0 Å². The zero-order valence-electron chi connectivity index (χ0n) is 16.3. The molecule has 0 saturated carbocycles. The van der Waals surface area contributed by atoms with Crippen molar-refractivity contribution in [3.8, 4) is 0 Å². The largest absolute Gasteiger partial charge is 0.369 e. The summed E-state index contributed by atoms with van der Waals surface area (Å²) in [5, 5.41) is 0. The summed E-state index contributed by atoms with van der Waals surface area (Å²) in [6.45, 7) is 3.97. The van der Waals surface area contributed by atoms with E-state index < -0.39 is 0 Å². The number of fused-ring (bicyclic) bond motifs is 1. The van der Waals surface area contributed by atoms with Crippen LogP contribution in [-0.2, 0) is 16.1 Å². The average Bonchev–Trinajstić information content (AvgIpc) is 3.08. The molecular weight excluding hydrogens is 371 g/mol. The highest BCUT2D eigenvalue weighted by molar-refractivity contribution is 5.79. The van der Waals surface area contributed by atoms with E-state index in [1.165, 1.54) is 11.8 Å². The summed E-state index contributed by atoms with van der Waals surface area (Å²) >= 11 is 0. The number of benzene rings is 1. The van der Waals surface area contributed by atoms with Gasteiger partial charge in [-0.1, -0.05) is 30.3 Å². The van der Waals surface area contributed by atoms with Crippen molar-refractivity contribution >= 4 is 11.6 Å². The van der Waals surface area contributed by atoms with Crippen LogP contribution in [0.1, 0.15) is 18.4 Å². The summed E-state index contributed by atoms with van der Waals surface area (Å²) in [4.78, 5) is 22.7. The van der Waals surface area contributed by atoms with Gasteiger partial charge in [0.05, 0.1) is 30.6 Å². The first-order valence-corrected chi connectivity index (χ1v) is 10.2. The van der Waals surface area contributed by atoms with E-state index in [9.17, 15) is 9.18 Å². The quantitative estimate of drug-likeness (QED) is 0.797. The van der Waals surface area contributed by atoms with E-state index in [0.29, 0.717) is 31.9 Å². The third-order valence-electron chi connectivity index (χ3n) is 6.30. The van der Waals surface area contributed by atoms with E-state index >= 15 is 0 Å². The van der Waals surface area contributed by atoms with Crippen LogP contribution in [0, 0.1) is 5.82 Å². The van der Waals surface area contributed by atoms with Crippen LogP contribution in [0.15, 0.2) is 48.8 Å². The van der Waals surface area contributed by atoms with Gasteiger partial charge in [0, 0.05) is 32.4 Å². The number of pyridine rings is 1. The van der Waals surface area contributed by atoms with Gasteiger partial charge >= 0.3 is 0 Å². The fourth-order valence-electron chi connectivity index (χ4n) is 4.77. The second-order valence-corrected chi connectivity index (χ2v) is 8.25. The maximum atomic E-state index is 14.1. The van der Waals surface area contributed by atoms with Gasteiger partial charge in [0.25, 0.3) is 0 Å². The van der Waals surface area contributed by atoms with Crippen LogP contribution in [0.2, 0.25) is 0 Å². The number of ether oxygens (including phenoxy) is 1. The molecule has 7 heteroatoms. The zero-order chi connectivity index (χ0) is 19.8. The molecular formula is C22H25FN4O2. The van der Waals surface area contributed by atoms with Gasteiger partial charge in [0.15, 0.2) is 5.82 Å². The molecule has 0 N–H and O–H groups in total. The Bertz CT molecular complexity index is 885. The Labute approximate surface area is 169 Å². The minimum atomic E-state index is -0.316. The molecule has 3 aliphatic heterocycles. The lowest BCUT2D eigenvalue weighted by molar-refractivity contribution is -0.149. The summed E-state index contributed by atoms with van der Waals surface area (Å²) in [5.74, 6) is -0.156. The van der Waals surface area contributed by atoms with Crippen LogP contribution >= 0.6 is 0 Å². The van der Waals surface area contributed by atoms with Crippen molar-refractivity contribution in [2.45, 2.75) is 31.2 Å². The van der Waals surface area contributed by atoms with Gasteiger partial charge in [-0.2, -0.15) is 0 Å². The van der Waals surface area contributed by atoms with Gasteiger partial charge in [0.1, 0.15) is 6.23 Å². The Hall–Kier alpha value is -2.51. The van der Waals surface area contributed by atoms with Gasteiger partial charge in [-0.15, -0.1) is 0 Å². The predicted octanol–water partition coefficient (Wildman–Crippen LogP) is 2.26. The summed E-state index contributed by atoms with van der Waals surface area (Å²) in [7, 11) is 0. The van der Waals surface area contributed by atoms with Crippen LogP contribution in [0.4, 0.5) is 10.1 Å². The SMILES string of the molecule is O=C1CN(Cc2ccccc2)CC2OC3(CCN(c4ccncc4F)CC3)CN12. The number of rotatable bonds is 3. The van der Waals surface area contributed by atoms with E-state index in [-0.39, 0.29) is 23.6 Å². The fraction of sp³-hybridized carbons (Fsp3) is 0.455.